The molecule has 90 valence electrons. The van der Waals surface area contributed by atoms with Crippen molar-refractivity contribution in [1.29, 1.82) is 0 Å². The number of nitrogens with zero attached hydrogens (tertiary/aromatic N) is 1. The van der Waals surface area contributed by atoms with Crippen LogP contribution in [0.2, 0.25) is 0 Å². The van der Waals surface area contributed by atoms with E-state index in [4.69, 9.17) is 4.74 Å². The van der Waals surface area contributed by atoms with Gasteiger partial charge < -0.3 is 4.74 Å². The van der Waals surface area contributed by atoms with Crippen LogP contribution in [0, 0.1) is 0 Å². The van der Waals surface area contributed by atoms with Crippen LogP contribution in [-0.4, -0.2) is 18.2 Å². The molecule has 0 atom stereocenters. The van der Waals surface area contributed by atoms with E-state index < -0.39 is 0 Å². The van der Waals surface area contributed by atoms with Crippen molar-refractivity contribution in [2.45, 2.75) is 13.3 Å². The Morgan fingerprint density at radius 1 is 1.35 bits per heavy atom. The maximum Gasteiger partial charge on any atom is 0.0955 e. The minimum atomic E-state index is 0.749. The molecule has 0 unspecified atom stereocenters. The third-order valence-electron chi connectivity index (χ3n) is 2.37. The number of hydrogen-bond donors (Lipinski definition) is 0. The van der Waals surface area contributed by atoms with Gasteiger partial charge in [-0.2, -0.15) is 0 Å². The third kappa shape index (κ3) is 3.37. The van der Waals surface area contributed by atoms with Gasteiger partial charge in [0.25, 0.3) is 0 Å². The number of rotatable bonds is 5. The maximum atomic E-state index is 5.33. The Kier molecular flexibility index (Phi) is 4.71. The Hall–Kier alpha value is -0.710. The van der Waals surface area contributed by atoms with Crippen molar-refractivity contribution in [3.63, 3.8) is 0 Å². The molecule has 0 spiro atoms. The molecule has 0 radical (unpaired) electrons. The van der Waals surface area contributed by atoms with E-state index in [0.717, 1.165) is 40.4 Å². The second-order valence-electron chi connectivity index (χ2n) is 3.55. The van der Waals surface area contributed by atoms with Gasteiger partial charge in [-0.3, -0.25) is 0 Å². The number of halogens is 1. The van der Waals surface area contributed by atoms with Gasteiger partial charge in [-0.1, -0.05) is 34.1 Å². The standard InChI is InChI=1S/C13H14BrNOS/c1-2-16-8-7-13-15-12(9-17-13)10-5-3-4-6-11(10)14/h3-6,9H,2,7-8H2,1H3. The predicted molar refractivity (Wildman–Crippen MR) is 75.4 cm³/mol. The van der Waals surface area contributed by atoms with Crippen LogP contribution in [0.25, 0.3) is 11.3 Å². The fourth-order valence-corrected chi connectivity index (χ4v) is 2.79. The Morgan fingerprint density at radius 2 is 2.18 bits per heavy atom. The van der Waals surface area contributed by atoms with E-state index in [9.17, 15) is 0 Å². The average Bonchev–Trinajstić information content (AvgIpc) is 2.79. The van der Waals surface area contributed by atoms with Crippen molar-refractivity contribution in [3.05, 3.63) is 39.1 Å². The van der Waals surface area contributed by atoms with Gasteiger partial charge in [-0.05, 0) is 13.0 Å². The molecule has 1 aromatic heterocycles. The highest BCUT2D eigenvalue weighted by atomic mass is 79.9. The Balaban J connectivity index is 2.10. The molecule has 2 rings (SSSR count). The molecule has 0 saturated heterocycles. The van der Waals surface area contributed by atoms with E-state index in [1.807, 2.05) is 25.1 Å². The molecule has 2 nitrogen and oxygen atoms in total. The van der Waals surface area contributed by atoms with Gasteiger partial charge in [-0.15, -0.1) is 11.3 Å². The third-order valence-corrected chi connectivity index (χ3v) is 3.97. The summed E-state index contributed by atoms with van der Waals surface area (Å²) in [5.74, 6) is 0. The molecule has 0 aliphatic heterocycles. The second-order valence-corrected chi connectivity index (χ2v) is 5.35. The van der Waals surface area contributed by atoms with Crippen LogP contribution in [0.15, 0.2) is 34.1 Å². The van der Waals surface area contributed by atoms with Crippen LogP contribution < -0.4 is 0 Å². The monoisotopic (exact) mass is 311 g/mol. The largest absolute Gasteiger partial charge is 0.381 e. The van der Waals surface area contributed by atoms with Crippen molar-refractivity contribution in [3.8, 4) is 11.3 Å². The van der Waals surface area contributed by atoms with E-state index in [0.29, 0.717) is 0 Å². The SMILES string of the molecule is CCOCCc1nc(-c2ccccc2Br)cs1. The molecule has 1 aromatic carbocycles. The number of aromatic nitrogens is 1. The smallest absolute Gasteiger partial charge is 0.0955 e. The molecule has 0 aliphatic rings. The summed E-state index contributed by atoms with van der Waals surface area (Å²) in [6, 6.07) is 8.15. The van der Waals surface area contributed by atoms with Crippen molar-refractivity contribution in [2.75, 3.05) is 13.2 Å². The van der Waals surface area contributed by atoms with E-state index >= 15 is 0 Å². The van der Waals surface area contributed by atoms with Crippen molar-refractivity contribution in [1.82, 2.24) is 4.98 Å². The summed E-state index contributed by atoms with van der Waals surface area (Å²) in [4.78, 5) is 4.62. The molecular weight excluding hydrogens is 298 g/mol. The van der Waals surface area contributed by atoms with Gasteiger partial charge in [0.05, 0.1) is 17.3 Å². The molecular formula is C13H14BrNOS. The van der Waals surface area contributed by atoms with Gasteiger partial charge in [0.2, 0.25) is 0 Å². The molecule has 0 aliphatic carbocycles. The first-order chi connectivity index (χ1) is 8.31. The Labute approximate surface area is 114 Å². The van der Waals surface area contributed by atoms with E-state index in [1.165, 1.54) is 0 Å². The Morgan fingerprint density at radius 3 is 2.94 bits per heavy atom. The summed E-state index contributed by atoms with van der Waals surface area (Å²) in [5.41, 5.74) is 2.18. The average molecular weight is 312 g/mol. The zero-order valence-corrected chi connectivity index (χ0v) is 12.1. The highest BCUT2D eigenvalue weighted by Gasteiger charge is 2.07. The maximum absolute atomic E-state index is 5.33. The van der Waals surface area contributed by atoms with Crippen LogP contribution >= 0.6 is 27.3 Å². The van der Waals surface area contributed by atoms with Gasteiger partial charge in [0, 0.05) is 28.4 Å². The van der Waals surface area contributed by atoms with Crippen LogP contribution in [0.4, 0.5) is 0 Å². The minimum absolute atomic E-state index is 0.749. The topological polar surface area (TPSA) is 22.1 Å². The van der Waals surface area contributed by atoms with E-state index in [2.05, 4.69) is 32.4 Å². The molecule has 2 aromatic rings. The highest BCUT2D eigenvalue weighted by Crippen LogP contribution is 2.28. The number of benzene rings is 1. The first kappa shape index (κ1) is 12.7. The Bertz CT molecular complexity index is 484. The van der Waals surface area contributed by atoms with Gasteiger partial charge >= 0.3 is 0 Å². The van der Waals surface area contributed by atoms with E-state index in [1.54, 1.807) is 11.3 Å². The summed E-state index contributed by atoms with van der Waals surface area (Å²) < 4.78 is 6.42. The lowest BCUT2D eigenvalue weighted by atomic mass is 10.2. The second kappa shape index (κ2) is 6.28. The number of hydrogen-bond acceptors (Lipinski definition) is 3. The summed E-state index contributed by atoms with van der Waals surface area (Å²) in [6.07, 6.45) is 0.892. The van der Waals surface area contributed by atoms with Crippen LogP contribution in [0.1, 0.15) is 11.9 Å². The molecule has 0 amide bonds. The highest BCUT2D eigenvalue weighted by molar-refractivity contribution is 9.10. The fourth-order valence-electron chi connectivity index (χ4n) is 1.52. The summed E-state index contributed by atoms with van der Waals surface area (Å²) in [5, 5.41) is 3.23. The molecule has 4 heteroatoms. The lowest BCUT2D eigenvalue weighted by Gasteiger charge is -1.99. The van der Waals surface area contributed by atoms with Crippen molar-refractivity contribution >= 4 is 27.3 Å². The first-order valence-electron chi connectivity index (χ1n) is 5.58. The molecule has 0 saturated carbocycles. The fraction of sp³-hybridized carbons (Fsp3) is 0.308. The quantitative estimate of drug-likeness (QED) is 0.774. The summed E-state index contributed by atoms with van der Waals surface area (Å²) in [7, 11) is 0. The zero-order valence-electron chi connectivity index (χ0n) is 9.65. The van der Waals surface area contributed by atoms with Crippen molar-refractivity contribution in [2.24, 2.45) is 0 Å². The summed E-state index contributed by atoms with van der Waals surface area (Å²) in [6.45, 7) is 3.52. The van der Waals surface area contributed by atoms with Gasteiger partial charge in [0.15, 0.2) is 0 Å². The number of thiazole rings is 1. The first-order valence-corrected chi connectivity index (χ1v) is 7.25. The minimum Gasteiger partial charge on any atom is -0.381 e. The zero-order chi connectivity index (χ0) is 12.1. The molecule has 1 heterocycles. The van der Waals surface area contributed by atoms with Gasteiger partial charge in [0.1, 0.15) is 0 Å². The van der Waals surface area contributed by atoms with Gasteiger partial charge in [-0.25, -0.2) is 4.98 Å². The lowest BCUT2D eigenvalue weighted by Crippen LogP contribution is -1.97. The van der Waals surface area contributed by atoms with Crippen LogP contribution in [0.3, 0.4) is 0 Å². The molecule has 0 fully saturated rings. The number of ether oxygens (including phenoxy) is 1. The van der Waals surface area contributed by atoms with Crippen LogP contribution in [-0.2, 0) is 11.2 Å². The molecule has 0 N–H and O–H groups in total. The lowest BCUT2D eigenvalue weighted by molar-refractivity contribution is 0.151. The van der Waals surface area contributed by atoms with E-state index in [-0.39, 0.29) is 0 Å². The van der Waals surface area contributed by atoms with Crippen LogP contribution in [0.5, 0.6) is 0 Å². The van der Waals surface area contributed by atoms with Crippen molar-refractivity contribution < 1.29 is 4.74 Å². The summed E-state index contributed by atoms with van der Waals surface area (Å²) >= 11 is 5.24. The normalized spacial score (nSPS) is 10.7. The molecule has 0 bridgehead atoms. The molecule has 17 heavy (non-hydrogen) atoms. The predicted octanol–water partition coefficient (Wildman–Crippen LogP) is 4.15.